The van der Waals surface area contributed by atoms with Crippen LogP contribution in [0.4, 0.5) is 0 Å². The molecule has 1 rings (SSSR count). The van der Waals surface area contributed by atoms with Gasteiger partial charge in [0.25, 0.3) is 0 Å². The number of hydrogen-bond donors (Lipinski definition) is 1. The van der Waals surface area contributed by atoms with E-state index in [2.05, 4.69) is 12.2 Å². The molecule has 106 valence electrons. The second-order valence-corrected chi connectivity index (χ2v) is 5.72. The lowest BCUT2D eigenvalue weighted by molar-refractivity contribution is -0.123. The van der Waals surface area contributed by atoms with E-state index >= 15 is 0 Å². The molecule has 0 aromatic heterocycles. The molecule has 1 saturated heterocycles. The number of piperidine rings is 1. The summed E-state index contributed by atoms with van der Waals surface area (Å²) in [4.78, 5) is 11.9. The molecule has 0 bridgehead atoms. The topological polar surface area (TPSA) is 29.1 Å². The zero-order valence-electron chi connectivity index (χ0n) is 12.2. The predicted molar refractivity (Wildman–Crippen MR) is 77.8 cm³/mol. The lowest BCUT2D eigenvalue weighted by Gasteiger charge is -2.21. The van der Waals surface area contributed by atoms with Crippen molar-refractivity contribution < 1.29 is 4.79 Å². The summed E-state index contributed by atoms with van der Waals surface area (Å²) in [6.07, 6.45) is 13.5. The van der Waals surface area contributed by atoms with Gasteiger partial charge in [-0.15, -0.1) is 0 Å². The summed E-state index contributed by atoms with van der Waals surface area (Å²) in [7, 11) is 0. The highest BCUT2D eigenvalue weighted by atomic mass is 16.1. The minimum Gasteiger partial charge on any atom is -0.317 e. The van der Waals surface area contributed by atoms with Crippen LogP contribution in [0.3, 0.4) is 0 Å². The second-order valence-electron chi connectivity index (χ2n) is 5.72. The van der Waals surface area contributed by atoms with E-state index in [1.54, 1.807) is 0 Å². The number of carbonyl (C=O) groups is 1. The third kappa shape index (κ3) is 7.15. The minimum absolute atomic E-state index is 0.371. The first-order chi connectivity index (χ1) is 8.84. The van der Waals surface area contributed by atoms with Gasteiger partial charge in [-0.2, -0.15) is 0 Å². The Hall–Kier alpha value is -0.370. The molecular weight excluding hydrogens is 222 g/mol. The summed E-state index contributed by atoms with van der Waals surface area (Å²) in [5, 5.41) is 3.32. The van der Waals surface area contributed by atoms with Gasteiger partial charge in [-0.05, 0) is 32.4 Å². The molecule has 0 unspecified atom stereocenters. The maximum absolute atomic E-state index is 11.9. The van der Waals surface area contributed by atoms with Crippen molar-refractivity contribution in [2.24, 2.45) is 5.92 Å². The van der Waals surface area contributed by atoms with Crippen molar-refractivity contribution in [1.29, 1.82) is 0 Å². The van der Waals surface area contributed by atoms with Crippen molar-refractivity contribution in [1.82, 2.24) is 5.32 Å². The van der Waals surface area contributed by atoms with Crippen molar-refractivity contribution in [3.05, 3.63) is 0 Å². The summed E-state index contributed by atoms with van der Waals surface area (Å²) in [6, 6.07) is 0. The first-order valence-electron chi connectivity index (χ1n) is 8.08. The summed E-state index contributed by atoms with van der Waals surface area (Å²) < 4.78 is 0. The van der Waals surface area contributed by atoms with Gasteiger partial charge in [0.2, 0.25) is 0 Å². The number of rotatable bonds is 10. The lowest BCUT2D eigenvalue weighted by atomic mass is 9.90. The normalized spacial score (nSPS) is 16.9. The van der Waals surface area contributed by atoms with Gasteiger partial charge in [-0.25, -0.2) is 0 Å². The predicted octanol–water partition coefficient (Wildman–Crippen LogP) is 4.09. The van der Waals surface area contributed by atoms with Crippen LogP contribution in [0.15, 0.2) is 0 Å². The van der Waals surface area contributed by atoms with Gasteiger partial charge in [-0.3, -0.25) is 4.79 Å². The van der Waals surface area contributed by atoms with Crippen molar-refractivity contribution >= 4 is 5.78 Å². The highest BCUT2D eigenvalue weighted by molar-refractivity contribution is 5.81. The van der Waals surface area contributed by atoms with Crippen molar-refractivity contribution in [3.8, 4) is 0 Å². The second kappa shape index (κ2) is 10.5. The smallest absolute Gasteiger partial charge is 0.136 e. The molecule has 0 aliphatic carbocycles. The van der Waals surface area contributed by atoms with Gasteiger partial charge in [0.1, 0.15) is 5.78 Å². The molecule has 2 nitrogen and oxygen atoms in total. The highest BCUT2D eigenvalue weighted by Gasteiger charge is 2.19. The molecule has 1 aliphatic rings. The molecule has 0 radical (unpaired) electrons. The number of Topliss-reactive ketones (excluding diaryl/α,β-unsaturated/α-hetero) is 1. The molecule has 1 fully saturated rings. The number of unbranched alkanes of at least 4 members (excludes halogenated alkanes) is 7. The van der Waals surface area contributed by atoms with E-state index in [0.717, 1.165) is 38.8 Å². The molecule has 0 aromatic rings. The summed E-state index contributed by atoms with van der Waals surface area (Å²) in [5.41, 5.74) is 0. The lowest BCUT2D eigenvalue weighted by Crippen LogP contribution is -2.31. The Morgan fingerprint density at radius 1 is 0.944 bits per heavy atom. The quantitative estimate of drug-likeness (QED) is 0.594. The molecule has 0 saturated carbocycles. The Bertz CT molecular complexity index is 209. The maximum Gasteiger partial charge on any atom is 0.136 e. The fraction of sp³-hybridized carbons (Fsp3) is 0.938. The van der Waals surface area contributed by atoms with Gasteiger partial charge >= 0.3 is 0 Å². The van der Waals surface area contributed by atoms with Crippen molar-refractivity contribution in [2.75, 3.05) is 13.1 Å². The fourth-order valence-electron chi connectivity index (χ4n) is 2.78. The van der Waals surface area contributed by atoms with Gasteiger partial charge in [0, 0.05) is 12.3 Å². The molecule has 0 amide bonds. The van der Waals surface area contributed by atoms with Gasteiger partial charge < -0.3 is 5.32 Å². The molecule has 0 aromatic carbocycles. The molecule has 18 heavy (non-hydrogen) atoms. The van der Waals surface area contributed by atoms with Crippen LogP contribution in [0.5, 0.6) is 0 Å². The Balaban J connectivity index is 1.89. The van der Waals surface area contributed by atoms with E-state index in [1.807, 2.05) is 0 Å². The standard InChI is InChI=1S/C16H31NO/c1-2-3-4-5-6-7-8-9-10-16(18)15-11-13-17-14-12-15/h15,17H,2-14H2,1H3. The van der Waals surface area contributed by atoms with E-state index in [0.29, 0.717) is 11.7 Å². The summed E-state index contributed by atoms with van der Waals surface area (Å²) >= 11 is 0. The van der Waals surface area contributed by atoms with Crippen LogP contribution >= 0.6 is 0 Å². The van der Waals surface area contributed by atoms with Crippen molar-refractivity contribution in [3.63, 3.8) is 0 Å². The van der Waals surface area contributed by atoms with Crippen LogP contribution in [0.1, 0.15) is 77.6 Å². The number of hydrogen-bond acceptors (Lipinski definition) is 2. The third-order valence-electron chi connectivity index (χ3n) is 4.07. The Morgan fingerprint density at radius 2 is 1.50 bits per heavy atom. The Morgan fingerprint density at radius 3 is 2.11 bits per heavy atom. The number of carbonyl (C=O) groups excluding carboxylic acids is 1. The zero-order valence-corrected chi connectivity index (χ0v) is 12.2. The molecule has 1 N–H and O–H groups in total. The zero-order chi connectivity index (χ0) is 13.1. The van der Waals surface area contributed by atoms with Crippen LogP contribution in [0.2, 0.25) is 0 Å². The Kier molecular flexibility index (Phi) is 9.19. The third-order valence-corrected chi connectivity index (χ3v) is 4.07. The van der Waals surface area contributed by atoms with Crippen LogP contribution in [-0.2, 0) is 4.79 Å². The number of ketones is 1. The highest BCUT2D eigenvalue weighted by Crippen LogP contribution is 2.17. The van der Waals surface area contributed by atoms with E-state index in [9.17, 15) is 4.79 Å². The van der Waals surface area contributed by atoms with E-state index in [1.165, 1.54) is 44.9 Å². The van der Waals surface area contributed by atoms with Crippen LogP contribution in [0, 0.1) is 5.92 Å². The average Bonchev–Trinajstić information content (AvgIpc) is 2.42. The molecule has 1 heterocycles. The van der Waals surface area contributed by atoms with E-state index in [-0.39, 0.29) is 0 Å². The number of nitrogens with one attached hydrogen (secondary N) is 1. The van der Waals surface area contributed by atoms with Crippen LogP contribution in [0.25, 0.3) is 0 Å². The Labute approximate surface area is 113 Å². The minimum atomic E-state index is 0.371. The van der Waals surface area contributed by atoms with E-state index < -0.39 is 0 Å². The molecule has 1 aliphatic heterocycles. The van der Waals surface area contributed by atoms with Gasteiger partial charge in [0.05, 0.1) is 0 Å². The van der Waals surface area contributed by atoms with E-state index in [4.69, 9.17) is 0 Å². The monoisotopic (exact) mass is 253 g/mol. The molecule has 0 atom stereocenters. The van der Waals surface area contributed by atoms with Gasteiger partial charge in [-0.1, -0.05) is 51.9 Å². The van der Waals surface area contributed by atoms with Crippen LogP contribution in [-0.4, -0.2) is 18.9 Å². The summed E-state index contributed by atoms with van der Waals surface area (Å²) in [5.74, 6) is 0.901. The SMILES string of the molecule is CCCCCCCCCCC(=O)C1CCNCC1. The molecule has 0 spiro atoms. The average molecular weight is 253 g/mol. The first-order valence-corrected chi connectivity index (χ1v) is 8.08. The molecular formula is C16H31NO. The fourth-order valence-corrected chi connectivity index (χ4v) is 2.78. The van der Waals surface area contributed by atoms with Crippen LogP contribution < -0.4 is 5.32 Å². The maximum atomic E-state index is 11.9. The first kappa shape index (κ1) is 15.7. The molecule has 2 heteroatoms. The van der Waals surface area contributed by atoms with Crippen molar-refractivity contribution in [2.45, 2.75) is 77.6 Å². The summed E-state index contributed by atoms with van der Waals surface area (Å²) in [6.45, 7) is 4.33. The largest absolute Gasteiger partial charge is 0.317 e. The van der Waals surface area contributed by atoms with Gasteiger partial charge in [0.15, 0.2) is 0 Å².